The molecule has 0 bridgehead atoms. The molecule has 4 N–H and O–H groups in total. The molecule has 0 radical (unpaired) electrons. The third-order valence-electron chi connectivity index (χ3n) is 3.64. The van der Waals surface area contributed by atoms with Crippen molar-refractivity contribution in [2.75, 3.05) is 6.54 Å². The SMILES string of the molecule is CCN/C=C\C(N)=Nc1ncc(Cc2c[nH]c3ncc(C)cc23)cn1. The van der Waals surface area contributed by atoms with Gasteiger partial charge < -0.3 is 16.0 Å². The van der Waals surface area contributed by atoms with Crippen LogP contribution in [-0.4, -0.2) is 32.3 Å². The van der Waals surface area contributed by atoms with Gasteiger partial charge in [-0.3, -0.25) is 0 Å². The fraction of sp³-hybridized carbons (Fsp3) is 0.222. The van der Waals surface area contributed by atoms with Crippen molar-refractivity contribution < 1.29 is 0 Å². The zero-order chi connectivity index (χ0) is 17.6. The molecular weight excluding hydrogens is 314 g/mol. The summed E-state index contributed by atoms with van der Waals surface area (Å²) in [6.45, 7) is 4.87. The maximum absolute atomic E-state index is 5.80. The third kappa shape index (κ3) is 4.20. The highest BCUT2D eigenvalue weighted by atomic mass is 15.1. The van der Waals surface area contributed by atoms with Gasteiger partial charge in [0.1, 0.15) is 11.5 Å². The van der Waals surface area contributed by atoms with Crippen LogP contribution in [0.1, 0.15) is 23.6 Å². The third-order valence-corrected chi connectivity index (χ3v) is 3.64. The normalized spacial score (nSPS) is 12.2. The number of aromatic amines is 1. The second-order valence-electron chi connectivity index (χ2n) is 5.72. The van der Waals surface area contributed by atoms with Crippen molar-refractivity contribution in [3.63, 3.8) is 0 Å². The van der Waals surface area contributed by atoms with Crippen molar-refractivity contribution in [1.29, 1.82) is 0 Å². The number of hydrogen-bond donors (Lipinski definition) is 3. The van der Waals surface area contributed by atoms with E-state index in [9.17, 15) is 0 Å². The summed E-state index contributed by atoms with van der Waals surface area (Å²) >= 11 is 0. The number of aryl methyl sites for hydroxylation is 1. The average molecular weight is 335 g/mol. The molecule has 0 spiro atoms. The standard InChI is InChI=1S/C18H21N7/c1-3-20-5-4-16(19)25-18-23-9-13(10-24-18)7-14-11-22-17-15(14)6-12(2)8-21-17/h4-6,8-11,20H,3,7H2,1-2H3,(H,21,22)(H2,19,23,24,25)/b5-4-. The Morgan fingerprint density at radius 1 is 1.28 bits per heavy atom. The van der Waals surface area contributed by atoms with E-state index in [0.717, 1.165) is 35.1 Å². The first-order valence-corrected chi connectivity index (χ1v) is 8.13. The predicted octanol–water partition coefficient (Wildman–Crippen LogP) is 2.36. The van der Waals surface area contributed by atoms with E-state index in [0.29, 0.717) is 11.8 Å². The summed E-state index contributed by atoms with van der Waals surface area (Å²) in [6.07, 6.45) is 11.5. The fourth-order valence-corrected chi connectivity index (χ4v) is 2.44. The number of H-pyrrole nitrogens is 1. The first-order chi connectivity index (χ1) is 12.2. The minimum absolute atomic E-state index is 0.346. The van der Waals surface area contributed by atoms with Crippen molar-refractivity contribution in [1.82, 2.24) is 25.3 Å². The number of nitrogens with one attached hydrogen (secondary N) is 2. The Morgan fingerprint density at radius 2 is 2.08 bits per heavy atom. The van der Waals surface area contributed by atoms with Crippen molar-refractivity contribution in [3.05, 3.63) is 59.8 Å². The zero-order valence-electron chi connectivity index (χ0n) is 14.3. The van der Waals surface area contributed by atoms with Crippen molar-refractivity contribution in [3.8, 4) is 0 Å². The van der Waals surface area contributed by atoms with E-state index >= 15 is 0 Å². The second kappa shape index (κ2) is 7.57. The summed E-state index contributed by atoms with van der Waals surface area (Å²) in [7, 11) is 0. The minimum atomic E-state index is 0.346. The molecule has 3 heterocycles. The summed E-state index contributed by atoms with van der Waals surface area (Å²) in [6, 6.07) is 2.13. The van der Waals surface area contributed by atoms with Crippen LogP contribution in [-0.2, 0) is 6.42 Å². The van der Waals surface area contributed by atoms with Crippen LogP contribution in [0.3, 0.4) is 0 Å². The molecule has 0 unspecified atom stereocenters. The molecule has 0 aliphatic rings. The first-order valence-electron chi connectivity index (χ1n) is 8.13. The van der Waals surface area contributed by atoms with Gasteiger partial charge in [0.2, 0.25) is 0 Å². The Hall–Kier alpha value is -3.22. The van der Waals surface area contributed by atoms with E-state index < -0.39 is 0 Å². The zero-order valence-corrected chi connectivity index (χ0v) is 14.3. The summed E-state index contributed by atoms with van der Waals surface area (Å²) in [5, 5.41) is 4.15. The van der Waals surface area contributed by atoms with Gasteiger partial charge in [0.15, 0.2) is 0 Å². The number of nitrogens with zero attached hydrogens (tertiary/aromatic N) is 4. The minimum Gasteiger partial charge on any atom is -0.391 e. The molecule has 3 rings (SSSR count). The lowest BCUT2D eigenvalue weighted by Crippen LogP contribution is -2.10. The summed E-state index contributed by atoms with van der Waals surface area (Å²) in [4.78, 5) is 20.3. The van der Waals surface area contributed by atoms with Crippen LogP contribution in [0.2, 0.25) is 0 Å². The van der Waals surface area contributed by atoms with Crippen LogP contribution < -0.4 is 11.1 Å². The number of fused-ring (bicyclic) bond motifs is 1. The van der Waals surface area contributed by atoms with E-state index in [2.05, 4.69) is 36.3 Å². The molecule has 7 heteroatoms. The van der Waals surface area contributed by atoms with E-state index in [4.69, 9.17) is 5.73 Å². The monoisotopic (exact) mass is 335 g/mol. The molecule has 0 fully saturated rings. The average Bonchev–Trinajstić information content (AvgIpc) is 2.99. The highest BCUT2D eigenvalue weighted by Crippen LogP contribution is 2.20. The number of rotatable bonds is 6. The summed E-state index contributed by atoms with van der Waals surface area (Å²) in [5.74, 6) is 0.700. The van der Waals surface area contributed by atoms with Crippen LogP contribution in [0.5, 0.6) is 0 Å². The summed E-state index contributed by atoms with van der Waals surface area (Å²) < 4.78 is 0. The molecule has 3 aromatic rings. The lowest BCUT2D eigenvalue weighted by atomic mass is 10.1. The molecule has 0 saturated heterocycles. The maximum Gasteiger partial charge on any atom is 0.251 e. The van der Waals surface area contributed by atoms with Crippen molar-refractivity contribution >= 4 is 22.8 Å². The van der Waals surface area contributed by atoms with Crippen LogP contribution >= 0.6 is 0 Å². The van der Waals surface area contributed by atoms with Crippen molar-refractivity contribution in [2.24, 2.45) is 10.7 Å². The van der Waals surface area contributed by atoms with Gasteiger partial charge in [0.25, 0.3) is 5.95 Å². The number of aliphatic imine (C=N–C) groups is 1. The van der Waals surface area contributed by atoms with Crippen molar-refractivity contribution in [2.45, 2.75) is 20.3 Å². The Kier molecular flexibility index (Phi) is 5.03. The molecular formula is C18H21N7. The van der Waals surface area contributed by atoms with Gasteiger partial charge >= 0.3 is 0 Å². The lowest BCUT2D eigenvalue weighted by Gasteiger charge is -2.01. The van der Waals surface area contributed by atoms with E-state index in [-0.39, 0.29) is 0 Å². The van der Waals surface area contributed by atoms with Crippen LogP contribution in [0, 0.1) is 6.92 Å². The largest absolute Gasteiger partial charge is 0.391 e. The molecule has 25 heavy (non-hydrogen) atoms. The highest BCUT2D eigenvalue weighted by Gasteiger charge is 2.07. The molecule has 3 aromatic heterocycles. The number of pyridine rings is 1. The van der Waals surface area contributed by atoms with E-state index in [1.807, 2.05) is 26.2 Å². The summed E-state index contributed by atoms with van der Waals surface area (Å²) in [5.41, 5.74) is 10.00. The number of amidine groups is 1. The lowest BCUT2D eigenvalue weighted by molar-refractivity contribution is 0.920. The number of nitrogens with two attached hydrogens (primary N) is 1. The van der Waals surface area contributed by atoms with Gasteiger partial charge in [-0.15, -0.1) is 0 Å². The molecule has 0 saturated carbocycles. The molecule has 0 amide bonds. The van der Waals surface area contributed by atoms with E-state index in [1.165, 1.54) is 5.56 Å². The Labute approximate surface area is 146 Å². The fourth-order valence-electron chi connectivity index (χ4n) is 2.44. The molecule has 0 aliphatic carbocycles. The first kappa shape index (κ1) is 16.6. The quantitative estimate of drug-likeness (QED) is 0.474. The van der Waals surface area contributed by atoms with Gasteiger partial charge in [-0.1, -0.05) is 0 Å². The Morgan fingerprint density at radius 3 is 2.84 bits per heavy atom. The molecule has 7 nitrogen and oxygen atoms in total. The predicted molar refractivity (Wildman–Crippen MR) is 99.8 cm³/mol. The van der Waals surface area contributed by atoms with Crippen LogP contribution in [0.25, 0.3) is 11.0 Å². The van der Waals surface area contributed by atoms with Crippen LogP contribution in [0.4, 0.5) is 5.95 Å². The highest BCUT2D eigenvalue weighted by molar-refractivity contribution is 5.92. The van der Waals surface area contributed by atoms with Gasteiger partial charge in [0, 0.05) is 49.3 Å². The van der Waals surface area contributed by atoms with Gasteiger partial charge in [0.05, 0.1) is 0 Å². The van der Waals surface area contributed by atoms with Gasteiger partial charge in [-0.25, -0.2) is 15.0 Å². The molecule has 0 atom stereocenters. The number of hydrogen-bond acceptors (Lipinski definition) is 5. The van der Waals surface area contributed by atoms with Gasteiger partial charge in [-0.2, -0.15) is 4.99 Å². The van der Waals surface area contributed by atoms with E-state index in [1.54, 1.807) is 24.7 Å². The Balaban J connectivity index is 1.74. The maximum atomic E-state index is 5.80. The molecule has 0 aromatic carbocycles. The second-order valence-corrected chi connectivity index (χ2v) is 5.72. The van der Waals surface area contributed by atoms with Crippen LogP contribution in [0.15, 0.2) is 48.1 Å². The molecule has 128 valence electrons. The Bertz CT molecular complexity index is 907. The van der Waals surface area contributed by atoms with Gasteiger partial charge in [-0.05, 0) is 42.7 Å². The number of aromatic nitrogens is 4. The topological polar surface area (TPSA) is 105 Å². The molecule has 0 aliphatic heterocycles. The smallest absolute Gasteiger partial charge is 0.251 e.